The quantitative estimate of drug-likeness (QED) is 0.585. The predicted octanol–water partition coefficient (Wildman–Crippen LogP) is 0.507. The first-order valence-electron chi connectivity index (χ1n) is 5.49. The van der Waals surface area contributed by atoms with Crippen LogP contribution in [0.25, 0.3) is 0 Å². The van der Waals surface area contributed by atoms with Gasteiger partial charge in [-0.05, 0) is 18.8 Å². The summed E-state index contributed by atoms with van der Waals surface area (Å²) in [5.74, 6) is 2.39. The summed E-state index contributed by atoms with van der Waals surface area (Å²) in [6.45, 7) is 2.39. The highest BCUT2D eigenvalue weighted by atomic mass is 32.2. The van der Waals surface area contributed by atoms with Crippen LogP contribution in [0.3, 0.4) is 0 Å². The Bertz CT molecular complexity index is 172. The molecule has 1 saturated heterocycles. The van der Waals surface area contributed by atoms with Crippen LogP contribution in [-0.2, 0) is 10.8 Å². The van der Waals surface area contributed by atoms with E-state index in [0.29, 0.717) is 5.92 Å². The van der Waals surface area contributed by atoms with Gasteiger partial charge in [-0.25, -0.2) is 0 Å². The molecule has 4 heteroatoms. The Balaban J connectivity index is 1.87. The molecule has 1 aliphatic rings. The standard InChI is InChI=1S/C10H21NO2S/c12-5-3-1-2-4-6-14(13)9-10-7-11-8-10/h10-12H,1-9H2. The molecule has 0 radical (unpaired) electrons. The van der Waals surface area contributed by atoms with E-state index in [9.17, 15) is 4.21 Å². The van der Waals surface area contributed by atoms with Gasteiger partial charge in [-0.1, -0.05) is 12.8 Å². The number of aliphatic hydroxyl groups is 1. The van der Waals surface area contributed by atoms with Crippen molar-refractivity contribution in [1.29, 1.82) is 0 Å². The number of rotatable bonds is 8. The monoisotopic (exact) mass is 219 g/mol. The molecule has 1 rings (SSSR count). The molecular weight excluding hydrogens is 198 g/mol. The van der Waals surface area contributed by atoms with Gasteiger partial charge in [-0.2, -0.15) is 0 Å². The van der Waals surface area contributed by atoms with Crippen molar-refractivity contribution in [3.63, 3.8) is 0 Å². The summed E-state index contributed by atoms with van der Waals surface area (Å²) in [7, 11) is -0.607. The van der Waals surface area contributed by atoms with Crippen molar-refractivity contribution in [2.75, 3.05) is 31.2 Å². The highest BCUT2D eigenvalue weighted by molar-refractivity contribution is 7.84. The number of unbranched alkanes of at least 4 members (excludes halogenated alkanes) is 3. The van der Waals surface area contributed by atoms with Crippen LogP contribution in [-0.4, -0.2) is 40.5 Å². The lowest BCUT2D eigenvalue weighted by atomic mass is 10.1. The van der Waals surface area contributed by atoms with Crippen molar-refractivity contribution in [1.82, 2.24) is 5.32 Å². The van der Waals surface area contributed by atoms with Gasteiger partial charge in [0.25, 0.3) is 0 Å². The molecule has 1 fully saturated rings. The molecule has 1 aliphatic heterocycles. The van der Waals surface area contributed by atoms with Crippen LogP contribution in [0.2, 0.25) is 0 Å². The zero-order chi connectivity index (χ0) is 10.2. The lowest BCUT2D eigenvalue weighted by Crippen LogP contribution is -2.44. The van der Waals surface area contributed by atoms with E-state index in [1.165, 1.54) is 0 Å². The van der Waals surface area contributed by atoms with Crippen molar-refractivity contribution in [3.05, 3.63) is 0 Å². The Morgan fingerprint density at radius 2 is 1.93 bits per heavy atom. The van der Waals surface area contributed by atoms with Gasteiger partial charge in [0.2, 0.25) is 0 Å². The normalized spacial score (nSPS) is 19.2. The minimum Gasteiger partial charge on any atom is -0.396 e. The summed E-state index contributed by atoms with van der Waals surface area (Å²) in [5, 5.41) is 11.8. The van der Waals surface area contributed by atoms with E-state index in [-0.39, 0.29) is 6.61 Å². The van der Waals surface area contributed by atoms with Gasteiger partial charge in [0.15, 0.2) is 0 Å². The molecule has 2 N–H and O–H groups in total. The van der Waals surface area contributed by atoms with E-state index >= 15 is 0 Å². The maximum absolute atomic E-state index is 11.5. The van der Waals surface area contributed by atoms with Crippen molar-refractivity contribution in [2.24, 2.45) is 5.92 Å². The topological polar surface area (TPSA) is 49.3 Å². The highest BCUT2D eigenvalue weighted by Crippen LogP contribution is 2.07. The largest absolute Gasteiger partial charge is 0.396 e. The molecule has 1 heterocycles. The summed E-state index contributed by atoms with van der Waals surface area (Å²) in [6, 6.07) is 0. The van der Waals surface area contributed by atoms with E-state index in [2.05, 4.69) is 5.32 Å². The average Bonchev–Trinajstić information content (AvgIpc) is 2.11. The van der Waals surface area contributed by atoms with E-state index in [1.807, 2.05) is 0 Å². The lowest BCUT2D eigenvalue weighted by molar-refractivity contribution is 0.283. The second kappa shape index (κ2) is 7.37. The zero-order valence-corrected chi connectivity index (χ0v) is 9.52. The fraction of sp³-hybridized carbons (Fsp3) is 1.00. The zero-order valence-electron chi connectivity index (χ0n) is 8.71. The summed E-state index contributed by atoms with van der Waals surface area (Å²) in [5.41, 5.74) is 0. The minimum absolute atomic E-state index is 0.289. The molecule has 0 saturated carbocycles. The molecule has 0 bridgehead atoms. The van der Waals surface area contributed by atoms with E-state index < -0.39 is 10.8 Å². The molecule has 1 atom stereocenters. The Labute approximate surface area is 88.7 Å². The summed E-state index contributed by atoms with van der Waals surface area (Å²) in [4.78, 5) is 0. The van der Waals surface area contributed by atoms with Gasteiger partial charge in [0.1, 0.15) is 0 Å². The fourth-order valence-corrected chi connectivity index (χ4v) is 3.00. The molecular formula is C10H21NO2S. The van der Waals surface area contributed by atoms with Crippen LogP contribution in [0.1, 0.15) is 25.7 Å². The van der Waals surface area contributed by atoms with Crippen LogP contribution < -0.4 is 5.32 Å². The number of nitrogens with one attached hydrogen (secondary N) is 1. The van der Waals surface area contributed by atoms with Gasteiger partial charge in [-0.3, -0.25) is 4.21 Å². The number of aliphatic hydroxyl groups excluding tert-OH is 1. The molecule has 0 amide bonds. The van der Waals surface area contributed by atoms with Crippen molar-refractivity contribution in [3.8, 4) is 0 Å². The summed E-state index contributed by atoms with van der Waals surface area (Å²) in [6.07, 6.45) is 4.11. The SMILES string of the molecule is O=S(CCCCCCO)CC1CNC1. The first-order valence-corrected chi connectivity index (χ1v) is 6.98. The van der Waals surface area contributed by atoms with Crippen molar-refractivity contribution < 1.29 is 9.32 Å². The van der Waals surface area contributed by atoms with Crippen molar-refractivity contribution in [2.45, 2.75) is 25.7 Å². The molecule has 1 unspecified atom stereocenters. The molecule has 0 aromatic heterocycles. The molecule has 84 valence electrons. The third-order valence-electron chi connectivity index (χ3n) is 2.57. The summed E-state index contributed by atoms with van der Waals surface area (Å²) < 4.78 is 11.5. The molecule has 3 nitrogen and oxygen atoms in total. The second-order valence-electron chi connectivity index (χ2n) is 3.97. The van der Waals surface area contributed by atoms with Gasteiger partial charge in [-0.15, -0.1) is 0 Å². The first kappa shape index (κ1) is 12.1. The molecule has 0 aromatic rings. The smallest absolute Gasteiger partial charge is 0.0431 e. The van der Waals surface area contributed by atoms with E-state index in [4.69, 9.17) is 5.11 Å². The molecule has 0 aliphatic carbocycles. The van der Waals surface area contributed by atoms with Crippen LogP contribution in [0.5, 0.6) is 0 Å². The van der Waals surface area contributed by atoms with Crippen molar-refractivity contribution >= 4 is 10.8 Å². The number of hydrogen-bond acceptors (Lipinski definition) is 3. The minimum atomic E-state index is -0.607. The highest BCUT2D eigenvalue weighted by Gasteiger charge is 2.18. The first-order chi connectivity index (χ1) is 6.83. The Morgan fingerprint density at radius 3 is 2.50 bits per heavy atom. The Kier molecular flexibility index (Phi) is 6.39. The van der Waals surface area contributed by atoms with Gasteiger partial charge >= 0.3 is 0 Å². The third kappa shape index (κ3) is 5.08. The van der Waals surface area contributed by atoms with E-state index in [0.717, 1.165) is 50.3 Å². The maximum atomic E-state index is 11.5. The number of hydrogen-bond donors (Lipinski definition) is 2. The second-order valence-corrected chi connectivity index (χ2v) is 5.59. The summed E-state index contributed by atoms with van der Waals surface area (Å²) >= 11 is 0. The third-order valence-corrected chi connectivity index (χ3v) is 4.15. The lowest BCUT2D eigenvalue weighted by Gasteiger charge is -2.26. The van der Waals surface area contributed by atoms with Crippen LogP contribution in [0.4, 0.5) is 0 Å². The maximum Gasteiger partial charge on any atom is 0.0431 e. The average molecular weight is 219 g/mol. The fourth-order valence-electron chi connectivity index (χ4n) is 1.54. The molecule has 0 spiro atoms. The predicted molar refractivity (Wildman–Crippen MR) is 59.8 cm³/mol. The van der Waals surface area contributed by atoms with Crippen LogP contribution in [0, 0.1) is 5.92 Å². The van der Waals surface area contributed by atoms with Gasteiger partial charge in [0.05, 0.1) is 0 Å². The van der Waals surface area contributed by atoms with Gasteiger partial charge < -0.3 is 10.4 Å². The Hall–Kier alpha value is 0.0700. The van der Waals surface area contributed by atoms with E-state index in [1.54, 1.807) is 0 Å². The van der Waals surface area contributed by atoms with Gasteiger partial charge in [0, 0.05) is 42.0 Å². The Morgan fingerprint density at radius 1 is 1.21 bits per heavy atom. The molecule has 0 aromatic carbocycles. The van der Waals surface area contributed by atoms with Crippen LogP contribution >= 0.6 is 0 Å². The van der Waals surface area contributed by atoms with Crippen LogP contribution in [0.15, 0.2) is 0 Å². The molecule has 14 heavy (non-hydrogen) atoms.